The van der Waals surface area contributed by atoms with E-state index in [-0.39, 0.29) is 47.5 Å². The van der Waals surface area contributed by atoms with Crippen LogP contribution in [-0.2, 0) is 33.1 Å². The number of ether oxygens (including phenoxy) is 2. The number of rotatable bonds is 22. The van der Waals surface area contributed by atoms with Crippen molar-refractivity contribution in [2.75, 3.05) is 0 Å². The number of aryl methyl sites for hydroxylation is 2. The average molecular weight is 791 g/mol. The van der Waals surface area contributed by atoms with Crippen LogP contribution in [0, 0.1) is 0 Å². The summed E-state index contributed by atoms with van der Waals surface area (Å²) in [5.41, 5.74) is 2.53. The number of hydrogen-bond acceptors (Lipinski definition) is 8. The van der Waals surface area contributed by atoms with Crippen molar-refractivity contribution in [2.24, 2.45) is 0 Å². The van der Waals surface area contributed by atoms with E-state index in [1.54, 1.807) is 12.1 Å². The van der Waals surface area contributed by atoms with Crippen LogP contribution in [0.15, 0.2) is 107 Å². The molecule has 0 fully saturated rings. The van der Waals surface area contributed by atoms with Gasteiger partial charge < -0.3 is 18.6 Å². The Morgan fingerprint density at radius 3 is 1.08 bits per heavy atom. The predicted octanol–water partition coefficient (Wildman–Crippen LogP) is 11.0. The first-order chi connectivity index (χ1) is 25.0. The van der Waals surface area contributed by atoms with Gasteiger partial charge >= 0.3 is 37.7 Å². The standard InChI is InChI=1S/2C21H28O4S.Ca/c2*1-2-3-4-5-6-7-8-10-18-13-15-19(16-14-18)25-20-11-9-12-21(17-20)26(22,23)24;/h2*9,11-17H,2-8,10H2,1H3,(H,22,23,24);/q;;+2/p-2. The first kappa shape index (κ1) is 46.7. The molecule has 0 aliphatic carbocycles. The van der Waals surface area contributed by atoms with Gasteiger partial charge in [-0.25, -0.2) is 16.8 Å². The third-order valence-electron chi connectivity index (χ3n) is 8.64. The van der Waals surface area contributed by atoms with Crippen molar-refractivity contribution in [3.63, 3.8) is 0 Å². The topological polar surface area (TPSA) is 133 Å². The van der Waals surface area contributed by atoms with E-state index in [9.17, 15) is 25.9 Å². The van der Waals surface area contributed by atoms with Crippen LogP contribution < -0.4 is 9.47 Å². The Hall–Kier alpha value is -2.44. The zero-order valence-corrected chi connectivity index (χ0v) is 35.2. The van der Waals surface area contributed by atoms with E-state index in [1.165, 1.54) is 137 Å². The molecule has 0 heterocycles. The van der Waals surface area contributed by atoms with Crippen LogP contribution in [0.1, 0.15) is 115 Å². The second kappa shape index (κ2) is 25.6. The molecule has 53 heavy (non-hydrogen) atoms. The molecule has 0 bridgehead atoms. The SMILES string of the molecule is CCCCCCCCCc1ccc(Oc2cccc(S(=O)(=O)[O-])c2)cc1.CCCCCCCCCc1ccc(Oc2cccc(S(=O)(=O)[O-])c2)cc1.[Ca+2]. The summed E-state index contributed by atoms with van der Waals surface area (Å²) >= 11 is 0. The molecule has 0 aliphatic rings. The summed E-state index contributed by atoms with van der Waals surface area (Å²) in [6, 6.07) is 26.9. The third-order valence-corrected chi connectivity index (χ3v) is 10.3. The maximum atomic E-state index is 11.1. The van der Waals surface area contributed by atoms with Crippen molar-refractivity contribution >= 4 is 58.0 Å². The van der Waals surface area contributed by atoms with Gasteiger partial charge in [-0.15, -0.1) is 0 Å². The fourth-order valence-corrected chi connectivity index (χ4v) is 6.69. The zero-order chi connectivity index (χ0) is 37.7. The Labute approximate surface area is 348 Å². The fraction of sp³-hybridized carbons (Fsp3) is 0.429. The van der Waals surface area contributed by atoms with E-state index in [0.717, 1.165) is 12.8 Å². The van der Waals surface area contributed by atoms with Gasteiger partial charge in [0.25, 0.3) is 0 Å². The summed E-state index contributed by atoms with van der Waals surface area (Å²) in [6.07, 6.45) is 20.2. The molecule has 0 radical (unpaired) electrons. The minimum absolute atomic E-state index is 0. The third kappa shape index (κ3) is 19.6. The molecule has 0 spiro atoms. The van der Waals surface area contributed by atoms with Gasteiger partial charge in [-0.2, -0.15) is 0 Å². The molecular weight excluding hydrogens is 737 g/mol. The summed E-state index contributed by atoms with van der Waals surface area (Å²) in [5, 5.41) is 0. The molecule has 0 atom stereocenters. The van der Waals surface area contributed by atoms with Gasteiger partial charge in [-0.05, 0) is 97.5 Å². The van der Waals surface area contributed by atoms with E-state index in [0.29, 0.717) is 23.0 Å². The Kier molecular flexibility index (Phi) is 22.6. The summed E-state index contributed by atoms with van der Waals surface area (Å²) in [6.45, 7) is 4.46. The molecule has 284 valence electrons. The Balaban J connectivity index is 0.000000360. The molecular formula is C42H54CaO8S2. The summed E-state index contributed by atoms with van der Waals surface area (Å²) in [5.74, 6) is 1.91. The van der Waals surface area contributed by atoms with Gasteiger partial charge in [0.1, 0.15) is 43.2 Å². The fourth-order valence-electron chi connectivity index (χ4n) is 5.68. The van der Waals surface area contributed by atoms with E-state index < -0.39 is 20.2 Å². The molecule has 4 aromatic rings. The van der Waals surface area contributed by atoms with Crippen LogP contribution >= 0.6 is 0 Å². The molecule has 4 rings (SSSR count). The minimum Gasteiger partial charge on any atom is -0.744 e. The van der Waals surface area contributed by atoms with E-state index in [1.807, 2.05) is 48.5 Å². The Morgan fingerprint density at radius 1 is 0.434 bits per heavy atom. The maximum Gasteiger partial charge on any atom is 2.00 e. The molecule has 4 aromatic carbocycles. The van der Waals surface area contributed by atoms with Crippen molar-refractivity contribution in [1.82, 2.24) is 0 Å². The van der Waals surface area contributed by atoms with Gasteiger partial charge in [-0.3, -0.25) is 0 Å². The van der Waals surface area contributed by atoms with Crippen LogP contribution in [-0.4, -0.2) is 63.7 Å². The molecule has 0 unspecified atom stereocenters. The quantitative estimate of drug-likeness (QED) is 0.0436. The Morgan fingerprint density at radius 2 is 0.755 bits per heavy atom. The predicted molar refractivity (Wildman–Crippen MR) is 211 cm³/mol. The smallest absolute Gasteiger partial charge is 0.744 e. The number of benzene rings is 4. The first-order valence-corrected chi connectivity index (χ1v) is 21.4. The summed E-state index contributed by atoms with van der Waals surface area (Å²) in [4.78, 5) is -0.573. The van der Waals surface area contributed by atoms with Crippen molar-refractivity contribution in [1.29, 1.82) is 0 Å². The average Bonchev–Trinajstić information content (AvgIpc) is 3.12. The largest absolute Gasteiger partial charge is 2.00 e. The second-order valence-electron chi connectivity index (χ2n) is 13.1. The minimum atomic E-state index is -4.47. The molecule has 0 saturated heterocycles. The van der Waals surface area contributed by atoms with Gasteiger partial charge in [0.15, 0.2) is 0 Å². The summed E-state index contributed by atoms with van der Waals surface area (Å²) in [7, 11) is -8.95. The summed E-state index contributed by atoms with van der Waals surface area (Å²) < 4.78 is 77.7. The molecule has 0 amide bonds. The molecule has 0 aromatic heterocycles. The van der Waals surface area contributed by atoms with Crippen LogP contribution in [0.25, 0.3) is 0 Å². The normalized spacial score (nSPS) is 11.2. The molecule has 0 aliphatic heterocycles. The molecule has 0 N–H and O–H groups in total. The van der Waals surface area contributed by atoms with E-state index >= 15 is 0 Å². The van der Waals surface area contributed by atoms with E-state index in [4.69, 9.17) is 9.47 Å². The van der Waals surface area contributed by atoms with Gasteiger partial charge in [0, 0.05) is 0 Å². The number of unbranched alkanes of at least 4 members (excludes halogenated alkanes) is 12. The second-order valence-corrected chi connectivity index (χ2v) is 15.9. The van der Waals surface area contributed by atoms with Gasteiger partial charge in [0.2, 0.25) is 0 Å². The van der Waals surface area contributed by atoms with Crippen LogP contribution in [0.3, 0.4) is 0 Å². The molecule has 11 heteroatoms. The van der Waals surface area contributed by atoms with Crippen molar-refractivity contribution in [3.05, 3.63) is 108 Å². The number of hydrogen-bond donors (Lipinski definition) is 0. The van der Waals surface area contributed by atoms with Crippen LogP contribution in [0.4, 0.5) is 0 Å². The monoisotopic (exact) mass is 790 g/mol. The molecule has 8 nitrogen and oxygen atoms in total. The van der Waals surface area contributed by atoms with Crippen molar-refractivity contribution in [3.8, 4) is 23.0 Å². The van der Waals surface area contributed by atoms with E-state index in [2.05, 4.69) is 13.8 Å². The van der Waals surface area contributed by atoms with Crippen LogP contribution in [0.5, 0.6) is 23.0 Å². The van der Waals surface area contributed by atoms with Crippen molar-refractivity contribution < 1.29 is 35.4 Å². The van der Waals surface area contributed by atoms with Gasteiger partial charge in [-0.1, -0.05) is 127 Å². The first-order valence-electron chi connectivity index (χ1n) is 18.6. The Bertz CT molecular complexity index is 1680. The van der Waals surface area contributed by atoms with Crippen LogP contribution in [0.2, 0.25) is 0 Å². The maximum absolute atomic E-state index is 11.1. The molecule has 0 saturated carbocycles. The van der Waals surface area contributed by atoms with Gasteiger partial charge in [0.05, 0.1) is 9.79 Å². The zero-order valence-electron chi connectivity index (χ0n) is 31.3. The van der Waals surface area contributed by atoms with Crippen molar-refractivity contribution in [2.45, 2.75) is 126 Å².